The second-order valence-corrected chi connectivity index (χ2v) is 9.13. The number of anilines is 2. The van der Waals surface area contributed by atoms with Crippen molar-refractivity contribution in [2.75, 3.05) is 37.9 Å². The smallest absolute Gasteiger partial charge is 0.224 e. The predicted molar refractivity (Wildman–Crippen MR) is 111 cm³/mol. The topological polar surface area (TPSA) is 153 Å². The summed E-state index contributed by atoms with van der Waals surface area (Å²) in [6.07, 6.45) is 2.79. The number of sulfonamides is 1. The van der Waals surface area contributed by atoms with Crippen LogP contribution in [0.5, 0.6) is 5.75 Å². The molecule has 4 rings (SSSR count). The minimum absolute atomic E-state index is 0.0768. The lowest BCUT2D eigenvalue weighted by Crippen LogP contribution is -2.37. The molecule has 5 N–H and O–H groups in total. The fourth-order valence-corrected chi connectivity index (χ4v) is 4.62. The predicted octanol–water partition coefficient (Wildman–Crippen LogP) is 1.33. The molecular weight excluding hydrogens is 394 g/mol. The van der Waals surface area contributed by atoms with Crippen LogP contribution in [0.2, 0.25) is 0 Å². The van der Waals surface area contributed by atoms with Crippen LogP contribution in [0.25, 0.3) is 22.6 Å². The number of hydrogen-bond acceptors (Lipinski definition) is 8. The first-order valence-electron chi connectivity index (χ1n) is 9.18. The van der Waals surface area contributed by atoms with Gasteiger partial charge in [0, 0.05) is 13.1 Å². The molecule has 11 heteroatoms. The van der Waals surface area contributed by atoms with Gasteiger partial charge in [-0.15, -0.1) is 0 Å². The first-order valence-corrected chi connectivity index (χ1v) is 11.0. The Balaban J connectivity index is 1.63. The van der Waals surface area contributed by atoms with E-state index in [2.05, 4.69) is 19.9 Å². The van der Waals surface area contributed by atoms with E-state index < -0.39 is 10.0 Å². The van der Waals surface area contributed by atoms with E-state index in [0.717, 1.165) is 24.0 Å². The third-order valence-electron chi connectivity index (χ3n) is 5.26. The fourth-order valence-electron chi connectivity index (χ4n) is 3.75. The number of rotatable bonds is 4. The van der Waals surface area contributed by atoms with Crippen molar-refractivity contribution in [3.63, 3.8) is 0 Å². The van der Waals surface area contributed by atoms with E-state index in [4.69, 9.17) is 16.2 Å². The van der Waals surface area contributed by atoms with Crippen molar-refractivity contribution in [1.82, 2.24) is 24.2 Å². The van der Waals surface area contributed by atoms with Crippen LogP contribution in [0, 0.1) is 0 Å². The third-order valence-corrected chi connectivity index (χ3v) is 6.57. The molecule has 29 heavy (non-hydrogen) atoms. The van der Waals surface area contributed by atoms with Crippen molar-refractivity contribution >= 4 is 33.0 Å². The van der Waals surface area contributed by atoms with Gasteiger partial charge in [0.05, 0.1) is 18.9 Å². The molecular formula is C18H23N7O3S. The number of aromatic nitrogens is 4. The third kappa shape index (κ3) is 3.70. The quantitative estimate of drug-likeness (QED) is 0.574. The van der Waals surface area contributed by atoms with Crippen molar-refractivity contribution in [1.29, 1.82) is 0 Å². The molecule has 0 saturated carbocycles. The number of nitrogens with two attached hydrogens (primary N) is 2. The zero-order valence-corrected chi connectivity index (χ0v) is 17.0. The molecule has 0 amide bonds. The first-order chi connectivity index (χ1) is 13.8. The summed E-state index contributed by atoms with van der Waals surface area (Å²) in [7, 11) is -1.54. The lowest BCUT2D eigenvalue weighted by molar-refractivity contribution is 0.321. The van der Waals surface area contributed by atoms with Crippen molar-refractivity contribution in [2.45, 2.75) is 18.8 Å². The highest BCUT2D eigenvalue weighted by Crippen LogP contribution is 2.36. The minimum atomic E-state index is -3.14. The Labute approximate surface area is 168 Å². The molecule has 154 valence electrons. The molecule has 0 spiro atoms. The van der Waals surface area contributed by atoms with E-state index in [-0.39, 0.29) is 17.7 Å². The number of aromatic amines is 1. The van der Waals surface area contributed by atoms with Gasteiger partial charge in [0.15, 0.2) is 17.0 Å². The van der Waals surface area contributed by atoms with Crippen LogP contribution >= 0.6 is 0 Å². The molecule has 1 aliphatic heterocycles. The molecule has 0 radical (unpaired) electrons. The summed E-state index contributed by atoms with van der Waals surface area (Å²) < 4.78 is 30.6. The maximum absolute atomic E-state index is 11.7. The number of benzene rings is 1. The Hall–Kier alpha value is -2.92. The number of imidazole rings is 1. The van der Waals surface area contributed by atoms with Gasteiger partial charge in [0.25, 0.3) is 0 Å². The first kappa shape index (κ1) is 19.4. The number of hydrogen-bond donors (Lipinski definition) is 3. The number of ether oxygens (including phenoxy) is 1. The van der Waals surface area contributed by atoms with Gasteiger partial charge >= 0.3 is 0 Å². The van der Waals surface area contributed by atoms with Gasteiger partial charge < -0.3 is 21.2 Å². The largest absolute Gasteiger partial charge is 0.496 e. The lowest BCUT2D eigenvalue weighted by Gasteiger charge is -2.30. The average Bonchev–Trinajstić information content (AvgIpc) is 3.11. The maximum atomic E-state index is 11.7. The standard InChI is InChI=1S/C18H23N7O3S/c1-28-13-9-11(10-5-7-25(8-6-10)29(2,26)27)3-4-12(13)16-21-14-15(19)22-18(20)24-17(14)23-16/h3-4,9-10H,5-8H2,1-2H3,(H5,19,20,21,22,23,24). The van der Waals surface area contributed by atoms with E-state index in [1.54, 1.807) is 7.11 Å². The van der Waals surface area contributed by atoms with Gasteiger partial charge in [-0.3, -0.25) is 0 Å². The lowest BCUT2D eigenvalue weighted by atomic mass is 9.89. The zero-order valence-electron chi connectivity index (χ0n) is 16.2. The van der Waals surface area contributed by atoms with Crippen LogP contribution in [0.3, 0.4) is 0 Å². The number of nitrogen functional groups attached to an aromatic ring is 2. The van der Waals surface area contributed by atoms with Gasteiger partial charge in [-0.25, -0.2) is 17.7 Å². The SMILES string of the molecule is COc1cc(C2CCN(S(C)(=O)=O)CC2)ccc1-c1nc2c(N)nc(N)nc2[nH]1. The van der Waals surface area contributed by atoms with Crippen LogP contribution in [0.4, 0.5) is 11.8 Å². The highest BCUT2D eigenvalue weighted by atomic mass is 32.2. The molecule has 2 aromatic heterocycles. The van der Waals surface area contributed by atoms with Crippen molar-refractivity contribution < 1.29 is 13.2 Å². The summed E-state index contributed by atoms with van der Waals surface area (Å²) in [5.41, 5.74) is 14.3. The molecule has 3 heterocycles. The molecule has 1 aliphatic rings. The molecule has 0 aliphatic carbocycles. The Morgan fingerprint density at radius 3 is 2.55 bits per heavy atom. The highest BCUT2D eigenvalue weighted by molar-refractivity contribution is 7.88. The molecule has 1 fully saturated rings. The van der Waals surface area contributed by atoms with Gasteiger partial charge in [-0.1, -0.05) is 6.07 Å². The number of methoxy groups -OCH3 is 1. The van der Waals surface area contributed by atoms with Gasteiger partial charge in [0.1, 0.15) is 11.6 Å². The average molecular weight is 417 g/mol. The van der Waals surface area contributed by atoms with Crippen LogP contribution in [-0.4, -0.2) is 59.1 Å². The normalized spacial score (nSPS) is 16.3. The van der Waals surface area contributed by atoms with Crippen molar-refractivity contribution in [3.8, 4) is 17.1 Å². The van der Waals surface area contributed by atoms with Gasteiger partial charge in [-0.05, 0) is 36.5 Å². The van der Waals surface area contributed by atoms with Crippen molar-refractivity contribution in [2.24, 2.45) is 0 Å². The van der Waals surface area contributed by atoms with Crippen LogP contribution < -0.4 is 16.2 Å². The number of H-pyrrole nitrogens is 1. The summed E-state index contributed by atoms with van der Waals surface area (Å²) in [5, 5.41) is 0. The summed E-state index contributed by atoms with van der Waals surface area (Å²) in [4.78, 5) is 15.7. The second-order valence-electron chi connectivity index (χ2n) is 7.15. The Morgan fingerprint density at radius 1 is 1.17 bits per heavy atom. The van der Waals surface area contributed by atoms with E-state index in [9.17, 15) is 8.42 Å². The summed E-state index contributed by atoms with van der Waals surface area (Å²) in [6, 6.07) is 5.93. The van der Waals surface area contributed by atoms with Crippen LogP contribution in [0.1, 0.15) is 24.3 Å². The Kier molecular flexibility index (Phi) is 4.79. The zero-order chi connectivity index (χ0) is 20.8. The highest BCUT2D eigenvalue weighted by Gasteiger charge is 2.26. The molecule has 10 nitrogen and oxygen atoms in total. The maximum Gasteiger partial charge on any atom is 0.224 e. The molecule has 0 bridgehead atoms. The molecule has 0 atom stereocenters. The number of fused-ring (bicyclic) bond motifs is 1. The molecule has 1 saturated heterocycles. The van der Waals surface area contributed by atoms with E-state index in [0.29, 0.717) is 35.8 Å². The number of nitrogens with zero attached hydrogens (tertiary/aromatic N) is 4. The molecule has 0 unspecified atom stereocenters. The van der Waals surface area contributed by atoms with E-state index in [1.165, 1.54) is 10.6 Å². The summed E-state index contributed by atoms with van der Waals surface area (Å²) in [6.45, 7) is 1.05. The van der Waals surface area contributed by atoms with Crippen molar-refractivity contribution in [3.05, 3.63) is 23.8 Å². The summed E-state index contributed by atoms with van der Waals surface area (Å²) >= 11 is 0. The molecule has 1 aromatic carbocycles. The summed E-state index contributed by atoms with van der Waals surface area (Å²) in [5.74, 6) is 1.78. The van der Waals surface area contributed by atoms with Crippen LogP contribution in [-0.2, 0) is 10.0 Å². The fraction of sp³-hybridized carbons (Fsp3) is 0.389. The number of piperidine rings is 1. The van der Waals surface area contributed by atoms with Crippen LogP contribution in [0.15, 0.2) is 18.2 Å². The number of nitrogens with one attached hydrogen (secondary N) is 1. The van der Waals surface area contributed by atoms with Gasteiger partial charge in [-0.2, -0.15) is 9.97 Å². The monoisotopic (exact) mass is 417 g/mol. The van der Waals surface area contributed by atoms with Gasteiger partial charge in [0.2, 0.25) is 16.0 Å². The Bertz CT molecular complexity index is 1170. The van der Waals surface area contributed by atoms with E-state index >= 15 is 0 Å². The second kappa shape index (κ2) is 7.16. The Morgan fingerprint density at radius 2 is 1.90 bits per heavy atom. The minimum Gasteiger partial charge on any atom is -0.496 e. The molecule has 3 aromatic rings. The van der Waals surface area contributed by atoms with E-state index in [1.807, 2.05) is 18.2 Å².